The normalized spacial score (nSPS) is 20.4. The van der Waals surface area contributed by atoms with Crippen molar-refractivity contribution in [2.45, 2.75) is 12.5 Å². The third-order valence-electron chi connectivity index (χ3n) is 3.79. The van der Waals surface area contributed by atoms with Gasteiger partial charge in [0.15, 0.2) is 0 Å². The molecule has 0 spiro atoms. The van der Waals surface area contributed by atoms with E-state index < -0.39 is 6.10 Å². The maximum atomic E-state index is 9.93. The third kappa shape index (κ3) is 5.53. The zero-order valence-electron chi connectivity index (χ0n) is 12.9. The van der Waals surface area contributed by atoms with Crippen LogP contribution in [-0.4, -0.2) is 63.1 Å². The molecule has 1 aromatic carbocycles. The molecule has 5 nitrogen and oxygen atoms in total. The molecule has 2 atom stereocenters. The summed E-state index contributed by atoms with van der Waals surface area (Å²) >= 11 is 0. The molecule has 1 heterocycles. The average Bonchev–Trinajstić information content (AvgIpc) is 2.91. The molecule has 2 rings (SSSR count). The van der Waals surface area contributed by atoms with Crippen molar-refractivity contribution in [3.63, 3.8) is 0 Å². The summed E-state index contributed by atoms with van der Waals surface area (Å²) in [6.07, 6.45) is 0.732. The van der Waals surface area contributed by atoms with Crippen molar-refractivity contribution in [1.29, 1.82) is 0 Å². The Labute approximate surface area is 126 Å². The maximum Gasteiger partial charge on any atom is 0.123 e. The Bertz CT molecular complexity index is 428. The van der Waals surface area contributed by atoms with Crippen LogP contribution in [-0.2, 0) is 0 Å². The first-order chi connectivity index (χ1) is 10.2. The van der Waals surface area contributed by atoms with Crippen molar-refractivity contribution in [1.82, 2.24) is 10.2 Å². The van der Waals surface area contributed by atoms with Crippen LogP contribution in [0.15, 0.2) is 24.3 Å². The molecule has 0 saturated carbocycles. The lowest BCUT2D eigenvalue weighted by Gasteiger charge is -2.16. The number of methoxy groups -OCH3 is 1. The van der Waals surface area contributed by atoms with Crippen LogP contribution in [0.1, 0.15) is 6.42 Å². The number of hydrogen-bond donors (Lipinski definition) is 2. The summed E-state index contributed by atoms with van der Waals surface area (Å²) in [6, 6.07) is 7.41. The minimum atomic E-state index is -0.504. The van der Waals surface area contributed by atoms with Crippen LogP contribution in [0.3, 0.4) is 0 Å². The summed E-state index contributed by atoms with van der Waals surface area (Å²) in [4.78, 5) is 2.34. The van der Waals surface area contributed by atoms with E-state index in [2.05, 4.69) is 17.3 Å². The molecule has 0 aromatic heterocycles. The van der Waals surface area contributed by atoms with Crippen LogP contribution in [0, 0.1) is 5.92 Å². The van der Waals surface area contributed by atoms with Gasteiger partial charge >= 0.3 is 0 Å². The Balaban J connectivity index is 1.61. The third-order valence-corrected chi connectivity index (χ3v) is 3.79. The second kappa shape index (κ2) is 8.22. The van der Waals surface area contributed by atoms with Crippen LogP contribution >= 0.6 is 0 Å². The SMILES string of the molecule is COc1cccc(OCC(O)CNCC2CCN(C)C2)c1. The Morgan fingerprint density at radius 2 is 2.24 bits per heavy atom. The molecular formula is C16H26N2O3. The van der Waals surface area contributed by atoms with E-state index in [1.165, 1.54) is 13.0 Å². The van der Waals surface area contributed by atoms with Crippen molar-refractivity contribution in [2.75, 3.05) is 46.9 Å². The number of nitrogens with one attached hydrogen (secondary N) is 1. The fraction of sp³-hybridized carbons (Fsp3) is 0.625. The predicted molar refractivity (Wildman–Crippen MR) is 83.0 cm³/mol. The van der Waals surface area contributed by atoms with Gasteiger partial charge in [0, 0.05) is 19.2 Å². The van der Waals surface area contributed by atoms with E-state index >= 15 is 0 Å². The molecule has 0 aliphatic carbocycles. The zero-order chi connectivity index (χ0) is 15.1. The fourth-order valence-electron chi connectivity index (χ4n) is 2.59. The van der Waals surface area contributed by atoms with E-state index in [9.17, 15) is 5.11 Å². The van der Waals surface area contributed by atoms with Gasteiger partial charge in [-0.25, -0.2) is 0 Å². The monoisotopic (exact) mass is 294 g/mol. The molecular weight excluding hydrogens is 268 g/mol. The maximum absolute atomic E-state index is 9.93. The van der Waals surface area contributed by atoms with Crippen LogP contribution in [0.4, 0.5) is 0 Å². The second-order valence-electron chi connectivity index (χ2n) is 5.72. The summed E-state index contributed by atoms with van der Waals surface area (Å²) in [5.41, 5.74) is 0. The molecule has 21 heavy (non-hydrogen) atoms. The lowest BCUT2D eigenvalue weighted by Crippen LogP contribution is -2.34. The van der Waals surface area contributed by atoms with E-state index in [0.717, 1.165) is 18.8 Å². The average molecular weight is 294 g/mol. The van der Waals surface area contributed by atoms with E-state index in [-0.39, 0.29) is 6.61 Å². The minimum Gasteiger partial charge on any atom is -0.497 e. The molecule has 1 saturated heterocycles. The Hall–Kier alpha value is -1.30. The van der Waals surface area contributed by atoms with Crippen LogP contribution in [0.5, 0.6) is 11.5 Å². The number of benzene rings is 1. The van der Waals surface area contributed by atoms with Gasteiger partial charge in [0.1, 0.15) is 24.2 Å². The number of rotatable bonds is 8. The topological polar surface area (TPSA) is 54.0 Å². The van der Waals surface area contributed by atoms with Crippen molar-refractivity contribution >= 4 is 0 Å². The number of hydrogen-bond acceptors (Lipinski definition) is 5. The number of nitrogens with zero attached hydrogens (tertiary/aromatic N) is 1. The van der Waals surface area contributed by atoms with Gasteiger partial charge in [-0.05, 0) is 44.6 Å². The van der Waals surface area contributed by atoms with Crippen LogP contribution in [0.25, 0.3) is 0 Å². The standard InChI is InChI=1S/C16H26N2O3/c1-18-7-6-13(11-18)9-17-10-14(19)12-21-16-5-3-4-15(8-16)20-2/h3-5,8,13-14,17,19H,6-7,9-12H2,1-2H3. The first-order valence-corrected chi connectivity index (χ1v) is 7.51. The highest BCUT2D eigenvalue weighted by Gasteiger charge is 2.19. The largest absolute Gasteiger partial charge is 0.497 e. The minimum absolute atomic E-state index is 0.282. The van der Waals surface area contributed by atoms with Gasteiger partial charge in [0.05, 0.1) is 7.11 Å². The molecule has 0 radical (unpaired) electrons. The fourth-order valence-corrected chi connectivity index (χ4v) is 2.59. The lowest BCUT2D eigenvalue weighted by atomic mass is 10.1. The molecule has 1 aromatic rings. The van der Waals surface area contributed by atoms with Crippen molar-refractivity contribution in [3.8, 4) is 11.5 Å². The molecule has 1 fully saturated rings. The molecule has 0 amide bonds. The summed E-state index contributed by atoms with van der Waals surface area (Å²) < 4.78 is 10.7. The van der Waals surface area contributed by atoms with Crippen molar-refractivity contribution in [3.05, 3.63) is 24.3 Å². The van der Waals surface area contributed by atoms with Gasteiger partial charge in [0.2, 0.25) is 0 Å². The lowest BCUT2D eigenvalue weighted by molar-refractivity contribution is 0.105. The van der Waals surface area contributed by atoms with Gasteiger partial charge in [0.25, 0.3) is 0 Å². The van der Waals surface area contributed by atoms with Gasteiger partial charge in [-0.1, -0.05) is 6.07 Å². The Kier molecular flexibility index (Phi) is 6.29. The van der Waals surface area contributed by atoms with Gasteiger partial charge in [-0.15, -0.1) is 0 Å². The summed E-state index contributed by atoms with van der Waals surface area (Å²) in [5, 5.41) is 13.3. The molecule has 2 unspecified atom stereocenters. The molecule has 0 bridgehead atoms. The number of aliphatic hydroxyl groups is 1. The highest BCUT2D eigenvalue weighted by Crippen LogP contribution is 2.18. The number of aliphatic hydroxyl groups excluding tert-OH is 1. The second-order valence-corrected chi connectivity index (χ2v) is 5.72. The first-order valence-electron chi connectivity index (χ1n) is 7.51. The Morgan fingerprint density at radius 3 is 2.95 bits per heavy atom. The smallest absolute Gasteiger partial charge is 0.123 e. The molecule has 5 heteroatoms. The summed E-state index contributed by atoms with van der Waals surface area (Å²) in [7, 11) is 3.77. The highest BCUT2D eigenvalue weighted by atomic mass is 16.5. The van der Waals surface area contributed by atoms with E-state index in [1.807, 2.05) is 24.3 Å². The van der Waals surface area contributed by atoms with Gasteiger partial charge in [-0.2, -0.15) is 0 Å². The molecule has 118 valence electrons. The quantitative estimate of drug-likeness (QED) is 0.748. The zero-order valence-corrected chi connectivity index (χ0v) is 12.9. The number of likely N-dealkylation sites (tertiary alicyclic amines) is 1. The van der Waals surface area contributed by atoms with Gasteiger partial charge < -0.3 is 24.8 Å². The summed E-state index contributed by atoms with van der Waals surface area (Å²) in [6.45, 7) is 4.12. The predicted octanol–water partition coefficient (Wildman–Crippen LogP) is 0.976. The van der Waals surface area contributed by atoms with Crippen LogP contribution < -0.4 is 14.8 Å². The molecule has 1 aliphatic heterocycles. The van der Waals surface area contributed by atoms with E-state index in [1.54, 1.807) is 7.11 Å². The highest BCUT2D eigenvalue weighted by molar-refractivity contribution is 5.32. The Morgan fingerprint density at radius 1 is 1.43 bits per heavy atom. The number of ether oxygens (including phenoxy) is 2. The van der Waals surface area contributed by atoms with Crippen LogP contribution in [0.2, 0.25) is 0 Å². The molecule has 1 aliphatic rings. The van der Waals surface area contributed by atoms with E-state index in [4.69, 9.17) is 9.47 Å². The first kappa shape index (κ1) is 16.1. The molecule has 2 N–H and O–H groups in total. The summed E-state index contributed by atoms with van der Waals surface area (Å²) in [5.74, 6) is 2.16. The van der Waals surface area contributed by atoms with E-state index in [0.29, 0.717) is 18.2 Å². The van der Waals surface area contributed by atoms with Crippen molar-refractivity contribution < 1.29 is 14.6 Å². The van der Waals surface area contributed by atoms with Gasteiger partial charge in [-0.3, -0.25) is 0 Å². The van der Waals surface area contributed by atoms with Crippen molar-refractivity contribution in [2.24, 2.45) is 5.92 Å².